The van der Waals surface area contributed by atoms with E-state index in [1.54, 1.807) is 0 Å². The van der Waals surface area contributed by atoms with E-state index >= 15 is 0 Å². The van der Waals surface area contributed by atoms with Crippen LogP contribution in [0.1, 0.15) is 37.7 Å². The average molecular weight is 327 g/mol. The van der Waals surface area contributed by atoms with Gasteiger partial charge in [-0.1, -0.05) is 61.7 Å². The number of amides is 2. The van der Waals surface area contributed by atoms with Crippen LogP contribution >= 0.6 is 0 Å². The van der Waals surface area contributed by atoms with Gasteiger partial charge in [0.1, 0.15) is 0 Å². The summed E-state index contributed by atoms with van der Waals surface area (Å²) < 4.78 is 0. The number of nitrogens with one attached hydrogen (secondary N) is 1. The van der Waals surface area contributed by atoms with E-state index < -0.39 is 0 Å². The first-order chi connectivity index (χ1) is 11.8. The maximum absolute atomic E-state index is 12.4. The fraction of sp³-hybridized carbons (Fsp3) is 0.550. The molecule has 1 aliphatic heterocycles. The molecule has 1 saturated heterocycles. The molecule has 0 radical (unpaired) electrons. The van der Waals surface area contributed by atoms with Gasteiger partial charge in [-0.05, 0) is 18.4 Å². The van der Waals surface area contributed by atoms with E-state index in [9.17, 15) is 4.79 Å². The molecule has 0 spiro atoms. The van der Waals surface area contributed by atoms with E-state index in [1.807, 2.05) is 11.0 Å². The summed E-state index contributed by atoms with van der Waals surface area (Å²) in [7, 11) is 0. The molecule has 0 bridgehead atoms. The molecule has 1 aliphatic carbocycles. The Bertz CT molecular complexity index is 529. The average Bonchev–Trinajstić information content (AvgIpc) is 2.64. The first kappa shape index (κ1) is 17.0. The first-order valence-electron chi connectivity index (χ1n) is 9.30. The number of piperazine rings is 1. The number of hydrogen-bond acceptors (Lipinski definition) is 2. The molecule has 130 valence electrons. The minimum Gasteiger partial charge on any atom is -0.335 e. The van der Waals surface area contributed by atoms with E-state index in [4.69, 9.17) is 0 Å². The lowest BCUT2D eigenvalue weighted by Gasteiger charge is -2.35. The van der Waals surface area contributed by atoms with Gasteiger partial charge in [-0.15, -0.1) is 0 Å². The molecule has 4 nitrogen and oxygen atoms in total. The Morgan fingerprint density at radius 1 is 1.04 bits per heavy atom. The van der Waals surface area contributed by atoms with E-state index in [1.165, 1.54) is 24.8 Å². The molecule has 1 aromatic carbocycles. The number of urea groups is 1. The quantitative estimate of drug-likeness (QED) is 0.920. The number of hydrogen-bond donors (Lipinski definition) is 1. The van der Waals surface area contributed by atoms with Gasteiger partial charge in [-0.25, -0.2) is 4.79 Å². The second-order valence-corrected chi connectivity index (χ2v) is 6.89. The van der Waals surface area contributed by atoms with Crippen LogP contribution in [0.4, 0.5) is 4.79 Å². The number of benzene rings is 1. The lowest BCUT2D eigenvalue weighted by atomic mass is 9.96. The molecule has 4 heteroatoms. The van der Waals surface area contributed by atoms with Crippen molar-refractivity contribution in [3.05, 3.63) is 42.0 Å². The van der Waals surface area contributed by atoms with E-state index in [0.29, 0.717) is 6.04 Å². The Labute approximate surface area is 145 Å². The molecule has 0 atom stereocenters. The number of carbonyl (C=O) groups is 1. The third kappa shape index (κ3) is 5.10. The van der Waals surface area contributed by atoms with E-state index in [2.05, 4.69) is 46.6 Å². The Morgan fingerprint density at radius 2 is 1.75 bits per heavy atom. The normalized spacial score (nSPS) is 20.4. The zero-order valence-corrected chi connectivity index (χ0v) is 14.5. The summed E-state index contributed by atoms with van der Waals surface area (Å²) >= 11 is 0. The van der Waals surface area contributed by atoms with Gasteiger partial charge >= 0.3 is 6.03 Å². The summed E-state index contributed by atoms with van der Waals surface area (Å²) in [5.41, 5.74) is 1.24. The Balaban J connectivity index is 1.37. The summed E-state index contributed by atoms with van der Waals surface area (Å²) in [4.78, 5) is 16.7. The highest BCUT2D eigenvalue weighted by molar-refractivity contribution is 5.74. The predicted octanol–water partition coefficient (Wildman–Crippen LogP) is 3.36. The van der Waals surface area contributed by atoms with Crippen molar-refractivity contribution in [2.24, 2.45) is 0 Å². The van der Waals surface area contributed by atoms with Gasteiger partial charge in [-0.3, -0.25) is 4.90 Å². The highest BCUT2D eigenvalue weighted by Crippen LogP contribution is 2.17. The molecule has 2 aliphatic rings. The van der Waals surface area contributed by atoms with Crippen LogP contribution in [0.3, 0.4) is 0 Å². The largest absolute Gasteiger partial charge is 0.335 e. The highest BCUT2D eigenvalue weighted by Gasteiger charge is 2.23. The minimum absolute atomic E-state index is 0.140. The number of nitrogens with zero attached hydrogens (tertiary/aromatic N) is 2. The molecule has 2 fully saturated rings. The Kier molecular flexibility index (Phi) is 6.30. The second-order valence-electron chi connectivity index (χ2n) is 6.89. The van der Waals surface area contributed by atoms with Crippen molar-refractivity contribution in [1.82, 2.24) is 15.1 Å². The molecule has 2 amide bonds. The molecule has 3 rings (SSSR count). The van der Waals surface area contributed by atoms with Crippen LogP contribution < -0.4 is 5.32 Å². The Morgan fingerprint density at radius 3 is 2.46 bits per heavy atom. The summed E-state index contributed by atoms with van der Waals surface area (Å²) in [5, 5.41) is 3.22. The van der Waals surface area contributed by atoms with Gasteiger partial charge in [0.05, 0.1) is 0 Å². The van der Waals surface area contributed by atoms with Crippen LogP contribution in [0.15, 0.2) is 36.4 Å². The molecular weight excluding hydrogens is 298 g/mol. The third-order valence-corrected chi connectivity index (χ3v) is 5.07. The number of rotatable bonds is 4. The first-order valence-corrected chi connectivity index (χ1v) is 9.30. The van der Waals surface area contributed by atoms with Crippen molar-refractivity contribution in [3.63, 3.8) is 0 Å². The van der Waals surface area contributed by atoms with Crippen LogP contribution in [0.25, 0.3) is 6.08 Å². The zero-order valence-electron chi connectivity index (χ0n) is 14.5. The summed E-state index contributed by atoms with van der Waals surface area (Å²) in [6, 6.07) is 10.9. The molecule has 1 heterocycles. The van der Waals surface area contributed by atoms with Gasteiger partial charge in [-0.2, -0.15) is 0 Å². The summed E-state index contributed by atoms with van der Waals surface area (Å²) in [5.74, 6) is 0. The zero-order chi connectivity index (χ0) is 16.6. The highest BCUT2D eigenvalue weighted by atomic mass is 16.2. The van der Waals surface area contributed by atoms with Crippen LogP contribution in [-0.2, 0) is 0 Å². The summed E-state index contributed by atoms with van der Waals surface area (Å²) in [6.07, 6.45) is 10.5. The molecule has 24 heavy (non-hydrogen) atoms. The van der Waals surface area contributed by atoms with Crippen molar-refractivity contribution < 1.29 is 4.79 Å². The van der Waals surface area contributed by atoms with Gasteiger partial charge in [0.25, 0.3) is 0 Å². The third-order valence-electron chi connectivity index (χ3n) is 5.07. The monoisotopic (exact) mass is 327 g/mol. The van der Waals surface area contributed by atoms with Crippen LogP contribution in [0.5, 0.6) is 0 Å². The number of carbonyl (C=O) groups excluding carboxylic acids is 1. The maximum atomic E-state index is 12.4. The maximum Gasteiger partial charge on any atom is 0.317 e. The second kappa shape index (κ2) is 8.88. The minimum atomic E-state index is 0.140. The van der Waals surface area contributed by atoms with Gasteiger partial charge in [0.15, 0.2) is 0 Å². The van der Waals surface area contributed by atoms with Crippen molar-refractivity contribution in [1.29, 1.82) is 0 Å². The lowest BCUT2D eigenvalue weighted by molar-refractivity contribution is 0.142. The molecule has 0 aromatic heterocycles. The van der Waals surface area contributed by atoms with Crippen molar-refractivity contribution in [2.75, 3.05) is 32.7 Å². The Hall–Kier alpha value is -1.81. The predicted molar refractivity (Wildman–Crippen MR) is 98.9 cm³/mol. The summed E-state index contributed by atoms with van der Waals surface area (Å²) in [6.45, 7) is 4.52. The smallest absolute Gasteiger partial charge is 0.317 e. The fourth-order valence-corrected chi connectivity index (χ4v) is 3.55. The fourth-order valence-electron chi connectivity index (χ4n) is 3.55. The lowest BCUT2D eigenvalue weighted by Crippen LogP contribution is -2.53. The van der Waals surface area contributed by atoms with Crippen LogP contribution in [0, 0.1) is 0 Å². The van der Waals surface area contributed by atoms with Gasteiger partial charge in [0, 0.05) is 38.8 Å². The van der Waals surface area contributed by atoms with E-state index in [0.717, 1.165) is 45.6 Å². The molecule has 1 aromatic rings. The molecule has 1 N–H and O–H groups in total. The van der Waals surface area contributed by atoms with Crippen LogP contribution in [0.2, 0.25) is 0 Å². The topological polar surface area (TPSA) is 35.6 Å². The van der Waals surface area contributed by atoms with E-state index in [-0.39, 0.29) is 6.03 Å². The SMILES string of the molecule is O=C(NC1CCCCC1)N1CCN(CC=Cc2ccccc2)CC1. The van der Waals surface area contributed by atoms with Crippen molar-refractivity contribution in [3.8, 4) is 0 Å². The standard InChI is InChI=1S/C20H29N3O/c24-20(21-19-11-5-2-6-12-19)23-16-14-22(15-17-23)13-7-10-18-8-3-1-4-9-18/h1,3-4,7-10,19H,2,5-6,11-17H2,(H,21,24). The van der Waals surface area contributed by atoms with Gasteiger partial charge in [0.2, 0.25) is 0 Å². The molecular formula is C20H29N3O. The van der Waals surface area contributed by atoms with Crippen molar-refractivity contribution in [2.45, 2.75) is 38.1 Å². The van der Waals surface area contributed by atoms with Gasteiger partial charge < -0.3 is 10.2 Å². The van der Waals surface area contributed by atoms with Crippen molar-refractivity contribution >= 4 is 12.1 Å². The molecule has 0 unspecified atom stereocenters. The van der Waals surface area contributed by atoms with Crippen LogP contribution in [-0.4, -0.2) is 54.6 Å². The molecule has 1 saturated carbocycles.